The van der Waals surface area contributed by atoms with Crippen LogP contribution in [0.2, 0.25) is 0 Å². The Morgan fingerprint density at radius 1 is 1.56 bits per heavy atom. The molecule has 0 spiro atoms. The summed E-state index contributed by atoms with van der Waals surface area (Å²) in [6.07, 6.45) is 5.03. The number of hydrogen-bond donors (Lipinski definition) is 2. The number of nitrogens with two attached hydrogens (primary N) is 1. The Kier molecular flexibility index (Phi) is 7.76. The number of halogens is 1. The Morgan fingerprint density at radius 3 is 2.88 bits per heavy atom. The number of anilines is 2. The minimum absolute atomic E-state index is 0. The molecule has 0 aromatic carbocycles. The van der Waals surface area contributed by atoms with Crippen LogP contribution in [0.5, 0.6) is 0 Å². The zero-order chi connectivity index (χ0) is 11.1. The lowest BCUT2D eigenvalue weighted by Gasteiger charge is -2.04. The van der Waals surface area contributed by atoms with Crippen LogP contribution in [-0.2, 0) is 4.79 Å². The number of nitrogens with zero attached hydrogens (tertiary/aromatic N) is 1. The minimum Gasteiger partial charge on any atom is -0.384 e. The van der Waals surface area contributed by atoms with E-state index in [1.54, 1.807) is 30.1 Å². The monoisotopic (exact) mass is 261 g/mol. The van der Waals surface area contributed by atoms with E-state index in [2.05, 4.69) is 10.3 Å². The Labute approximate surface area is 106 Å². The van der Waals surface area contributed by atoms with Crippen molar-refractivity contribution in [1.82, 2.24) is 4.98 Å². The van der Waals surface area contributed by atoms with Crippen LogP contribution in [-0.4, -0.2) is 22.9 Å². The third kappa shape index (κ3) is 5.82. The van der Waals surface area contributed by atoms with Gasteiger partial charge in [-0.3, -0.25) is 4.79 Å². The zero-order valence-electron chi connectivity index (χ0n) is 9.10. The first-order valence-corrected chi connectivity index (χ1v) is 6.12. The third-order valence-corrected chi connectivity index (χ3v) is 2.52. The average Bonchev–Trinajstić information content (AvgIpc) is 2.22. The highest BCUT2D eigenvalue weighted by Gasteiger charge is 2.01. The van der Waals surface area contributed by atoms with E-state index in [-0.39, 0.29) is 18.3 Å². The maximum Gasteiger partial charge on any atom is 0.224 e. The van der Waals surface area contributed by atoms with Crippen molar-refractivity contribution in [2.75, 3.05) is 23.1 Å². The highest BCUT2D eigenvalue weighted by molar-refractivity contribution is 7.98. The van der Waals surface area contributed by atoms with Gasteiger partial charge >= 0.3 is 0 Å². The smallest absolute Gasteiger partial charge is 0.224 e. The number of carbonyl (C=O) groups excluding carboxylic acids is 1. The van der Waals surface area contributed by atoms with E-state index in [1.807, 2.05) is 6.26 Å². The Hall–Kier alpha value is -0.940. The normalized spacial score (nSPS) is 9.31. The first-order chi connectivity index (χ1) is 7.22. The number of rotatable bonds is 5. The summed E-state index contributed by atoms with van der Waals surface area (Å²) in [6.45, 7) is 0. The Bertz CT molecular complexity index is 318. The molecule has 3 N–H and O–H groups in total. The molecule has 0 atom stereocenters. The van der Waals surface area contributed by atoms with Crippen LogP contribution in [0.1, 0.15) is 12.8 Å². The van der Waals surface area contributed by atoms with Gasteiger partial charge < -0.3 is 11.1 Å². The maximum atomic E-state index is 11.4. The van der Waals surface area contributed by atoms with E-state index in [0.29, 0.717) is 17.9 Å². The van der Waals surface area contributed by atoms with Gasteiger partial charge in [-0.15, -0.1) is 12.4 Å². The summed E-state index contributed by atoms with van der Waals surface area (Å²) in [5, 5.41) is 2.76. The van der Waals surface area contributed by atoms with E-state index in [1.165, 1.54) is 0 Å². The SMILES string of the molecule is CSCCCC(=O)Nc1ccc(N)nc1.Cl. The van der Waals surface area contributed by atoms with Crippen molar-refractivity contribution in [3.63, 3.8) is 0 Å². The molecule has 6 heteroatoms. The molecule has 90 valence electrons. The quantitative estimate of drug-likeness (QED) is 0.797. The standard InChI is InChI=1S/C10H15N3OS.ClH/c1-15-6-2-3-10(14)13-8-4-5-9(11)12-7-8;/h4-5,7H,2-3,6H2,1H3,(H2,11,12)(H,13,14);1H. The predicted octanol–water partition coefficient (Wildman–Crippen LogP) is 2.17. The summed E-state index contributed by atoms with van der Waals surface area (Å²) >= 11 is 1.74. The molecule has 1 heterocycles. The number of aromatic nitrogens is 1. The van der Waals surface area contributed by atoms with Gasteiger partial charge in [-0.05, 0) is 30.6 Å². The van der Waals surface area contributed by atoms with Crippen LogP contribution in [0.15, 0.2) is 18.3 Å². The summed E-state index contributed by atoms with van der Waals surface area (Å²) in [6, 6.07) is 3.41. The van der Waals surface area contributed by atoms with Gasteiger partial charge in [0, 0.05) is 6.42 Å². The molecule has 4 nitrogen and oxygen atoms in total. The van der Waals surface area contributed by atoms with Gasteiger partial charge in [-0.25, -0.2) is 4.98 Å². The molecule has 0 saturated heterocycles. The van der Waals surface area contributed by atoms with E-state index >= 15 is 0 Å². The molecule has 16 heavy (non-hydrogen) atoms. The fraction of sp³-hybridized carbons (Fsp3) is 0.400. The summed E-state index contributed by atoms with van der Waals surface area (Å²) in [7, 11) is 0. The van der Waals surface area contributed by atoms with Crippen molar-refractivity contribution in [3.8, 4) is 0 Å². The van der Waals surface area contributed by atoms with Gasteiger partial charge in [0.15, 0.2) is 0 Å². The van der Waals surface area contributed by atoms with Gasteiger partial charge in [0.1, 0.15) is 5.82 Å². The van der Waals surface area contributed by atoms with E-state index in [9.17, 15) is 4.79 Å². The third-order valence-electron chi connectivity index (χ3n) is 1.82. The molecule has 0 aliphatic heterocycles. The highest BCUT2D eigenvalue weighted by atomic mass is 35.5. The first kappa shape index (κ1) is 15.1. The average molecular weight is 262 g/mol. The fourth-order valence-corrected chi connectivity index (χ4v) is 1.51. The second-order valence-corrected chi connectivity index (χ2v) is 4.10. The molecule has 0 aliphatic carbocycles. The van der Waals surface area contributed by atoms with E-state index in [4.69, 9.17) is 5.73 Å². The topological polar surface area (TPSA) is 68.0 Å². The molecule has 0 unspecified atom stereocenters. The summed E-state index contributed by atoms with van der Waals surface area (Å²) < 4.78 is 0. The van der Waals surface area contributed by atoms with Crippen LogP contribution < -0.4 is 11.1 Å². The van der Waals surface area contributed by atoms with Crippen LogP contribution in [0.4, 0.5) is 11.5 Å². The zero-order valence-corrected chi connectivity index (χ0v) is 10.7. The summed E-state index contributed by atoms with van der Waals surface area (Å²) in [5.74, 6) is 1.49. The largest absolute Gasteiger partial charge is 0.384 e. The van der Waals surface area contributed by atoms with Crippen LogP contribution in [0.25, 0.3) is 0 Å². The van der Waals surface area contributed by atoms with Crippen molar-refractivity contribution in [3.05, 3.63) is 18.3 Å². The number of hydrogen-bond acceptors (Lipinski definition) is 4. The highest BCUT2D eigenvalue weighted by Crippen LogP contribution is 2.08. The summed E-state index contributed by atoms with van der Waals surface area (Å²) in [5.41, 5.74) is 6.12. The first-order valence-electron chi connectivity index (χ1n) is 4.72. The summed E-state index contributed by atoms with van der Waals surface area (Å²) in [4.78, 5) is 15.3. The van der Waals surface area contributed by atoms with Crippen LogP contribution in [0, 0.1) is 0 Å². The molecule has 0 bridgehead atoms. The van der Waals surface area contributed by atoms with Crippen LogP contribution >= 0.6 is 24.2 Å². The molecule has 0 fully saturated rings. The molecular weight excluding hydrogens is 246 g/mol. The number of amides is 1. The van der Waals surface area contributed by atoms with Gasteiger partial charge in [-0.2, -0.15) is 11.8 Å². The van der Waals surface area contributed by atoms with E-state index < -0.39 is 0 Å². The molecule has 0 saturated carbocycles. The Morgan fingerprint density at radius 2 is 2.31 bits per heavy atom. The van der Waals surface area contributed by atoms with Crippen molar-refractivity contribution < 1.29 is 4.79 Å². The fourth-order valence-electron chi connectivity index (χ4n) is 1.08. The lowest BCUT2D eigenvalue weighted by atomic mass is 10.3. The minimum atomic E-state index is 0. The van der Waals surface area contributed by atoms with Crippen LogP contribution in [0.3, 0.4) is 0 Å². The molecular formula is C10H16ClN3OS. The second kappa shape index (κ2) is 8.24. The predicted molar refractivity (Wildman–Crippen MR) is 72.1 cm³/mol. The number of nitrogens with one attached hydrogen (secondary N) is 1. The van der Waals surface area contributed by atoms with E-state index in [0.717, 1.165) is 12.2 Å². The number of thioether (sulfide) groups is 1. The van der Waals surface area contributed by atoms with Crippen molar-refractivity contribution in [2.45, 2.75) is 12.8 Å². The number of carbonyl (C=O) groups is 1. The second-order valence-electron chi connectivity index (χ2n) is 3.12. The van der Waals surface area contributed by atoms with Crippen molar-refractivity contribution >= 4 is 41.6 Å². The van der Waals surface area contributed by atoms with Gasteiger partial charge in [0.05, 0.1) is 11.9 Å². The lowest BCUT2D eigenvalue weighted by molar-refractivity contribution is -0.116. The van der Waals surface area contributed by atoms with Gasteiger partial charge in [-0.1, -0.05) is 0 Å². The molecule has 0 aliphatic rings. The number of pyridine rings is 1. The maximum absolute atomic E-state index is 11.4. The molecule has 1 aromatic rings. The van der Waals surface area contributed by atoms with Gasteiger partial charge in [0.2, 0.25) is 5.91 Å². The van der Waals surface area contributed by atoms with Crippen molar-refractivity contribution in [1.29, 1.82) is 0 Å². The molecule has 1 aromatic heterocycles. The lowest BCUT2D eigenvalue weighted by Crippen LogP contribution is -2.11. The van der Waals surface area contributed by atoms with Crippen molar-refractivity contribution in [2.24, 2.45) is 0 Å². The molecule has 1 amide bonds. The molecule has 0 radical (unpaired) electrons. The van der Waals surface area contributed by atoms with Gasteiger partial charge in [0.25, 0.3) is 0 Å². The number of nitrogen functional groups attached to an aromatic ring is 1. The Balaban J connectivity index is 0.00000225. The molecule has 1 rings (SSSR count).